The van der Waals surface area contributed by atoms with Gasteiger partial charge in [-0.15, -0.1) is 0 Å². The van der Waals surface area contributed by atoms with E-state index in [2.05, 4.69) is 15.3 Å². The average molecular weight is 364 g/mol. The number of amides is 2. The molecule has 1 aliphatic rings. The lowest BCUT2D eigenvalue weighted by Crippen LogP contribution is -2.28. The molecule has 2 atom stereocenters. The summed E-state index contributed by atoms with van der Waals surface area (Å²) < 4.78 is 7.29. The van der Waals surface area contributed by atoms with Gasteiger partial charge in [0, 0.05) is 19.2 Å². The number of aliphatic hydroxyl groups excluding tert-OH is 1. The largest absolute Gasteiger partial charge is 0.394 e. The summed E-state index contributed by atoms with van der Waals surface area (Å²) >= 11 is 0. The maximum Gasteiger partial charge on any atom is 0.262 e. The summed E-state index contributed by atoms with van der Waals surface area (Å²) in [5, 5.41) is 11.9. The Labute approximate surface area is 147 Å². The number of aromatic amines is 1. The van der Waals surface area contributed by atoms with Crippen molar-refractivity contribution in [3.63, 3.8) is 0 Å². The fourth-order valence-electron chi connectivity index (χ4n) is 2.98. The summed E-state index contributed by atoms with van der Waals surface area (Å²) in [7, 11) is 0. The molecule has 1 fully saturated rings. The second-order valence-electron chi connectivity index (χ2n) is 6.04. The maximum absolute atomic E-state index is 12.5. The molecule has 0 radical (unpaired) electrons. The normalized spacial score (nSPS) is 19.7. The van der Waals surface area contributed by atoms with Gasteiger partial charge in [-0.1, -0.05) is 0 Å². The van der Waals surface area contributed by atoms with Crippen LogP contribution in [0.15, 0.2) is 11.0 Å². The number of nitrogens with zero attached hydrogens (tertiary/aromatic N) is 2. The molecule has 0 aliphatic carbocycles. The Bertz CT molecular complexity index is 904. The van der Waals surface area contributed by atoms with E-state index >= 15 is 0 Å². The van der Waals surface area contributed by atoms with Crippen molar-refractivity contribution in [3.8, 4) is 0 Å². The van der Waals surface area contributed by atoms with Gasteiger partial charge in [0.25, 0.3) is 11.5 Å². The zero-order valence-electron chi connectivity index (χ0n) is 13.9. The summed E-state index contributed by atoms with van der Waals surface area (Å²) in [6.45, 7) is -0.0695. The molecule has 1 saturated heterocycles. The van der Waals surface area contributed by atoms with Gasteiger partial charge in [0.2, 0.25) is 11.9 Å². The molecular formula is C15H20N6O5. The van der Waals surface area contributed by atoms with Crippen molar-refractivity contribution >= 4 is 28.8 Å². The number of anilines is 1. The Hall–Kier alpha value is -2.92. The number of nitrogen functional groups attached to an aromatic ring is 1. The molecule has 0 aromatic carbocycles. The Morgan fingerprint density at radius 1 is 1.46 bits per heavy atom. The molecule has 3 heterocycles. The molecule has 26 heavy (non-hydrogen) atoms. The van der Waals surface area contributed by atoms with Crippen LogP contribution in [0.25, 0.3) is 11.0 Å². The highest BCUT2D eigenvalue weighted by Crippen LogP contribution is 2.31. The summed E-state index contributed by atoms with van der Waals surface area (Å²) in [5.74, 6) is -1.17. The quantitative estimate of drug-likeness (QED) is 0.417. The van der Waals surface area contributed by atoms with Crippen LogP contribution in [0, 0.1) is 0 Å². The van der Waals surface area contributed by atoms with Crippen LogP contribution < -0.4 is 22.3 Å². The Morgan fingerprint density at radius 3 is 2.88 bits per heavy atom. The van der Waals surface area contributed by atoms with Gasteiger partial charge in [-0.25, -0.2) is 0 Å². The molecule has 0 spiro atoms. The van der Waals surface area contributed by atoms with Gasteiger partial charge in [0.05, 0.1) is 23.7 Å². The number of ether oxygens (including phenoxy) is 1. The van der Waals surface area contributed by atoms with E-state index in [1.165, 1.54) is 6.20 Å². The average Bonchev–Trinajstić information content (AvgIpc) is 3.18. The fourth-order valence-corrected chi connectivity index (χ4v) is 2.98. The highest BCUT2D eigenvalue weighted by molar-refractivity contribution is 6.06. The molecule has 2 aromatic rings. The molecule has 0 unspecified atom stereocenters. The lowest BCUT2D eigenvalue weighted by atomic mass is 10.2. The zero-order chi connectivity index (χ0) is 18.8. The smallest absolute Gasteiger partial charge is 0.262 e. The lowest BCUT2D eigenvalue weighted by Gasteiger charge is -2.14. The highest BCUT2D eigenvalue weighted by Gasteiger charge is 2.30. The number of primary amides is 1. The van der Waals surface area contributed by atoms with Crippen molar-refractivity contribution in [2.24, 2.45) is 5.73 Å². The van der Waals surface area contributed by atoms with Crippen LogP contribution in [0.3, 0.4) is 0 Å². The van der Waals surface area contributed by atoms with Crippen molar-refractivity contribution in [2.75, 3.05) is 18.9 Å². The first-order chi connectivity index (χ1) is 12.4. The van der Waals surface area contributed by atoms with Crippen molar-refractivity contribution in [1.29, 1.82) is 0 Å². The second-order valence-corrected chi connectivity index (χ2v) is 6.04. The van der Waals surface area contributed by atoms with Gasteiger partial charge < -0.3 is 31.2 Å². The van der Waals surface area contributed by atoms with E-state index < -0.39 is 23.6 Å². The van der Waals surface area contributed by atoms with Crippen molar-refractivity contribution in [1.82, 2.24) is 19.9 Å². The van der Waals surface area contributed by atoms with Crippen molar-refractivity contribution in [3.05, 3.63) is 22.1 Å². The first-order valence-electron chi connectivity index (χ1n) is 8.14. The van der Waals surface area contributed by atoms with Crippen LogP contribution in [-0.4, -0.2) is 50.7 Å². The number of fused-ring (bicyclic) bond motifs is 1. The Morgan fingerprint density at radius 2 is 2.23 bits per heavy atom. The number of rotatable bonds is 6. The standard InChI is InChI=1S/C15H20N6O5/c16-9(23)3-4-18-13(24)8-5-21(10-2-1-7(6-22)26-10)12-11(8)14(25)20-15(17)19-12/h5,7,10,22H,1-4,6H2,(H2,16,23)(H,18,24)(H3,17,19,20,25)/t7-,10+/m0/s1. The predicted octanol–water partition coefficient (Wildman–Crippen LogP) is -1.42. The van der Waals surface area contributed by atoms with Crippen LogP contribution in [0.5, 0.6) is 0 Å². The van der Waals surface area contributed by atoms with Crippen LogP contribution >= 0.6 is 0 Å². The molecule has 11 heteroatoms. The third kappa shape index (κ3) is 3.39. The zero-order valence-corrected chi connectivity index (χ0v) is 13.9. The fraction of sp³-hybridized carbons (Fsp3) is 0.467. The van der Waals surface area contributed by atoms with Gasteiger partial charge in [-0.3, -0.25) is 19.4 Å². The van der Waals surface area contributed by atoms with Crippen LogP contribution in [0.2, 0.25) is 0 Å². The van der Waals surface area contributed by atoms with Crippen LogP contribution in [0.1, 0.15) is 35.8 Å². The van der Waals surface area contributed by atoms with Gasteiger partial charge in [-0.2, -0.15) is 4.98 Å². The van der Waals surface area contributed by atoms with E-state index in [1.807, 2.05) is 0 Å². The van der Waals surface area contributed by atoms with E-state index in [0.29, 0.717) is 12.8 Å². The van der Waals surface area contributed by atoms with E-state index in [0.717, 1.165) is 0 Å². The number of nitrogens with two attached hydrogens (primary N) is 2. The number of aliphatic hydroxyl groups is 1. The number of hydrogen-bond acceptors (Lipinski definition) is 7. The third-order valence-corrected chi connectivity index (χ3v) is 4.20. The number of H-pyrrole nitrogens is 1. The third-order valence-electron chi connectivity index (χ3n) is 4.20. The molecular weight excluding hydrogens is 344 g/mol. The molecule has 2 amide bonds. The van der Waals surface area contributed by atoms with Gasteiger partial charge in [0.15, 0.2) is 5.65 Å². The van der Waals surface area contributed by atoms with Gasteiger partial charge in [-0.05, 0) is 12.8 Å². The lowest BCUT2D eigenvalue weighted by molar-refractivity contribution is -0.117. The minimum absolute atomic E-state index is 0.0180. The van der Waals surface area contributed by atoms with E-state index in [4.69, 9.17) is 16.2 Å². The monoisotopic (exact) mass is 364 g/mol. The van der Waals surface area contributed by atoms with Crippen LogP contribution in [-0.2, 0) is 9.53 Å². The number of carbonyl (C=O) groups excluding carboxylic acids is 2. The SMILES string of the molecule is NC(=O)CCNC(=O)c1cn([C@H]2CC[C@@H](CO)O2)c2nc(N)[nH]c(=O)c12. The molecule has 0 saturated carbocycles. The molecule has 11 nitrogen and oxygen atoms in total. The molecule has 7 N–H and O–H groups in total. The maximum atomic E-state index is 12.5. The number of nitrogens with one attached hydrogen (secondary N) is 2. The Kier molecular flexibility index (Phi) is 4.91. The molecule has 3 rings (SSSR count). The van der Waals surface area contributed by atoms with E-state index in [-0.39, 0.29) is 48.2 Å². The molecule has 1 aliphatic heterocycles. The van der Waals surface area contributed by atoms with E-state index in [1.54, 1.807) is 4.57 Å². The summed E-state index contributed by atoms with van der Waals surface area (Å²) in [6.07, 6.45) is 1.89. The first kappa shape index (κ1) is 17.9. The minimum Gasteiger partial charge on any atom is -0.394 e. The van der Waals surface area contributed by atoms with Crippen molar-refractivity contribution in [2.45, 2.75) is 31.6 Å². The molecule has 2 aromatic heterocycles. The highest BCUT2D eigenvalue weighted by atomic mass is 16.5. The first-order valence-corrected chi connectivity index (χ1v) is 8.14. The number of aromatic nitrogens is 3. The van der Waals surface area contributed by atoms with Gasteiger partial charge in [0.1, 0.15) is 6.23 Å². The molecule has 140 valence electrons. The molecule has 0 bridgehead atoms. The number of carbonyl (C=O) groups is 2. The summed E-state index contributed by atoms with van der Waals surface area (Å²) in [4.78, 5) is 42.1. The van der Waals surface area contributed by atoms with Gasteiger partial charge >= 0.3 is 0 Å². The van der Waals surface area contributed by atoms with Crippen molar-refractivity contribution < 1.29 is 19.4 Å². The second kappa shape index (κ2) is 7.14. The van der Waals surface area contributed by atoms with E-state index in [9.17, 15) is 19.5 Å². The van der Waals surface area contributed by atoms with Crippen LogP contribution in [0.4, 0.5) is 5.95 Å². The Balaban J connectivity index is 2.00. The summed E-state index contributed by atoms with van der Waals surface area (Å²) in [6, 6.07) is 0. The number of hydrogen-bond donors (Lipinski definition) is 5. The minimum atomic E-state index is -0.553. The summed E-state index contributed by atoms with van der Waals surface area (Å²) in [5.41, 5.74) is 10.4. The topological polar surface area (TPSA) is 178 Å². The predicted molar refractivity (Wildman–Crippen MR) is 91.1 cm³/mol.